The van der Waals surface area contributed by atoms with Gasteiger partial charge in [0.05, 0.1) is 17.7 Å². The zero-order valence-electron chi connectivity index (χ0n) is 9.99. The summed E-state index contributed by atoms with van der Waals surface area (Å²) in [5.74, 6) is -0.230. The van der Waals surface area contributed by atoms with E-state index in [2.05, 4.69) is 15.0 Å². The fourth-order valence-corrected chi connectivity index (χ4v) is 2.17. The van der Waals surface area contributed by atoms with Gasteiger partial charge in [0.15, 0.2) is 0 Å². The van der Waals surface area contributed by atoms with Crippen LogP contribution in [0.4, 0.5) is 18.9 Å². The van der Waals surface area contributed by atoms with Gasteiger partial charge in [-0.05, 0) is 31.2 Å². The monoisotopic (exact) mass is 288 g/mol. The summed E-state index contributed by atoms with van der Waals surface area (Å²) < 4.78 is 39.7. The van der Waals surface area contributed by atoms with Crippen LogP contribution in [0.1, 0.15) is 10.6 Å². The second-order valence-corrected chi connectivity index (χ2v) is 4.73. The minimum Gasteiger partial charge on any atom is -0.406 e. The molecule has 0 aliphatic rings. The van der Waals surface area contributed by atoms with Gasteiger partial charge in [0.2, 0.25) is 0 Å². The first-order valence-corrected chi connectivity index (χ1v) is 6.30. The maximum absolute atomic E-state index is 12.0. The Morgan fingerprint density at radius 1 is 1.26 bits per heavy atom. The van der Waals surface area contributed by atoms with E-state index in [1.165, 1.54) is 35.6 Å². The number of alkyl halides is 3. The van der Waals surface area contributed by atoms with Crippen molar-refractivity contribution >= 4 is 17.0 Å². The lowest BCUT2D eigenvalue weighted by atomic mass is 10.3. The Labute approximate surface area is 112 Å². The molecule has 1 heterocycles. The van der Waals surface area contributed by atoms with E-state index in [1.807, 2.05) is 6.92 Å². The third-order valence-electron chi connectivity index (χ3n) is 2.39. The molecule has 0 fully saturated rings. The Morgan fingerprint density at radius 3 is 2.47 bits per heavy atom. The number of benzene rings is 1. The molecule has 102 valence electrons. The van der Waals surface area contributed by atoms with Gasteiger partial charge < -0.3 is 10.1 Å². The molecular weight excluding hydrogens is 277 g/mol. The third-order valence-corrected chi connectivity index (χ3v) is 3.32. The summed E-state index contributed by atoms with van der Waals surface area (Å²) in [4.78, 5) is 5.21. The highest BCUT2D eigenvalue weighted by Crippen LogP contribution is 2.24. The first kappa shape index (κ1) is 13.7. The van der Waals surface area contributed by atoms with Gasteiger partial charge in [-0.25, -0.2) is 4.98 Å². The summed E-state index contributed by atoms with van der Waals surface area (Å²) in [7, 11) is 0. The highest BCUT2D eigenvalue weighted by atomic mass is 32.1. The molecule has 0 bridgehead atoms. The van der Waals surface area contributed by atoms with Crippen molar-refractivity contribution in [2.75, 3.05) is 5.32 Å². The van der Waals surface area contributed by atoms with Crippen LogP contribution in [0, 0.1) is 6.92 Å². The molecule has 0 saturated heterocycles. The lowest BCUT2D eigenvalue weighted by molar-refractivity contribution is -0.274. The second-order valence-electron chi connectivity index (χ2n) is 3.79. The molecule has 7 heteroatoms. The average Bonchev–Trinajstić information content (AvgIpc) is 2.72. The van der Waals surface area contributed by atoms with Crippen molar-refractivity contribution in [1.29, 1.82) is 0 Å². The Hall–Kier alpha value is -1.76. The van der Waals surface area contributed by atoms with Crippen LogP contribution in [0.5, 0.6) is 5.75 Å². The molecule has 0 saturated carbocycles. The number of nitrogens with zero attached hydrogens (tertiary/aromatic N) is 1. The lowest BCUT2D eigenvalue weighted by Gasteiger charge is -2.10. The van der Waals surface area contributed by atoms with E-state index in [1.54, 1.807) is 5.51 Å². The number of anilines is 1. The van der Waals surface area contributed by atoms with Crippen molar-refractivity contribution in [3.05, 3.63) is 40.3 Å². The average molecular weight is 288 g/mol. The van der Waals surface area contributed by atoms with Crippen LogP contribution in [0.25, 0.3) is 0 Å². The quantitative estimate of drug-likeness (QED) is 0.924. The molecule has 0 amide bonds. The van der Waals surface area contributed by atoms with Gasteiger partial charge in [-0.1, -0.05) is 0 Å². The first-order valence-electron chi connectivity index (χ1n) is 5.43. The van der Waals surface area contributed by atoms with Crippen LogP contribution < -0.4 is 10.1 Å². The van der Waals surface area contributed by atoms with E-state index >= 15 is 0 Å². The molecule has 0 radical (unpaired) electrons. The molecule has 0 aliphatic heterocycles. The van der Waals surface area contributed by atoms with Gasteiger partial charge in [-0.15, -0.1) is 24.5 Å². The summed E-state index contributed by atoms with van der Waals surface area (Å²) >= 11 is 1.53. The number of aryl methyl sites for hydroxylation is 1. The molecule has 1 aromatic carbocycles. The van der Waals surface area contributed by atoms with Crippen molar-refractivity contribution in [1.82, 2.24) is 4.98 Å². The molecule has 0 spiro atoms. The van der Waals surface area contributed by atoms with Gasteiger partial charge in [0, 0.05) is 10.6 Å². The summed E-state index contributed by atoms with van der Waals surface area (Å²) in [6.07, 6.45) is -4.66. The fourth-order valence-electron chi connectivity index (χ4n) is 1.45. The number of thiazole rings is 1. The maximum Gasteiger partial charge on any atom is 0.573 e. The number of ether oxygens (including phenoxy) is 1. The molecule has 0 atom stereocenters. The maximum atomic E-state index is 12.0. The van der Waals surface area contributed by atoms with Crippen molar-refractivity contribution in [2.24, 2.45) is 0 Å². The Balaban J connectivity index is 1.94. The van der Waals surface area contributed by atoms with Crippen LogP contribution in [0.2, 0.25) is 0 Å². The second kappa shape index (κ2) is 5.48. The minimum absolute atomic E-state index is 0.230. The number of aromatic nitrogens is 1. The van der Waals surface area contributed by atoms with Gasteiger partial charge in [-0.2, -0.15) is 0 Å². The zero-order valence-corrected chi connectivity index (χ0v) is 10.8. The predicted molar refractivity (Wildman–Crippen MR) is 67.3 cm³/mol. The standard InChI is InChI=1S/C12H11F3N2OS/c1-8-11(19-7-17-8)6-16-9-2-4-10(5-3-9)18-12(13,14)15/h2-5,7,16H,6H2,1H3. The molecule has 0 unspecified atom stereocenters. The molecule has 2 aromatic rings. The first-order chi connectivity index (χ1) is 8.94. The minimum atomic E-state index is -4.66. The Morgan fingerprint density at radius 2 is 1.95 bits per heavy atom. The van der Waals surface area contributed by atoms with E-state index in [0.29, 0.717) is 6.54 Å². The normalized spacial score (nSPS) is 11.4. The third kappa shape index (κ3) is 4.13. The Kier molecular flexibility index (Phi) is 3.94. The summed E-state index contributed by atoms with van der Waals surface area (Å²) in [5, 5.41) is 3.11. The molecule has 1 N–H and O–H groups in total. The van der Waals surface area contributed by atoms with Crippen LogP contribution in [0.3, 0.4) is 0 Å². The van der Waals surface area contributed by atoms with Crippen molar-refractivity contribution in [3.63, 3.8) is 0 Å². The highest BCUT2D eigenvalue weighted by molar-refractivity contribution is 7.09. The molecule has 1 aromatic heterocycles. The van der Waals surface area contributed by atoms with Crippen molar-refractivity contribution in [2.45, 2.75) is 19.8 Å². The van der Waals surface area contributed by atoms with Crippen LogP contribution >= 0.6 is 11.3 Å². The number of halogens is 3. The zero-order chi connectivity index (χ0) is 13.9. The van der Waals surface area contributed by atoms with Gasteiger partial charge in [0.25, 0.3) is 0 Å². The highest BCUT2D eigenvalue weighted by Gasteiger charge is 2.30. The van der Waals surface area contributed by atoms with E-state index in [0.717, 1.165) is 16.3 Å². The lowest BCUT2D eigenvalue weighted by Crippen LogP contribution is -2.17. The van der Waals surface area contributed by atoms with Gasteiger partial charge in [0.1, 0.15) is 5.75 Å². The number of hydrogen-bond donors (Lipinski definition) is 1. The number of nitrogens with one attached hydrogen (secondary N) is 1. The smallest absolute Gasteiger partial charge is 0.406 e. The van der Waals surface area contributed by atoms with E-state index in [-0.39, 0.29) is 5.75 Å². The largest absolute Gasteiger partial charge is 0.573 e. The molecule has 0 aliphatic carbocycles. The van der Waals surface area contributed by atoms with Crippen LogP contribution in [-0.4, -0.2) is 11.3 Å². The van der Waals surface area contributed by atoms with Gasteiger partial charge in [-0.3, -0.25) is 0 Å². The van der Waals surface area contributed by atoms with Gasteiger partial charge >= 0.3 is 6.36 Å². The summed E-state index contributed by atoms with van der Waals surface area (Å²) in [5.41, 5.74) is 3.43. The summed E-state index contributed by atoms with van der Waals surface area (Å²) in [6.45, 7) is 2.50. The molecule has 19 heavy (non-hydrogen) atoms. The predicted octanol–water partition coefficient (Wildman–Crippen LogP) is 3.96. The number of hydrogen-bond acceptors (Lipinski definition) is 4. The van der Waals surface area contributed by atoms with Crippen molar-refractivity contribution in [3.8, 4) is 5.75 Å². The van der Waals surface area contributed by atoms with Crippen LogP contribution in [0.15, 0.2) is 29.8 Å². The van der Waals surface area contributed by atoms with Crippen molar-refractivity contribution < 1.29 is 17.9 Å². The van der Waals surface area contributed by atoms with Crippen LogP contribution in [-0.2, 0) is 6.54 Å². The Bertz CT molecular complexity index is 537. The van der Waals surface area contributed by atoms with E-state index in [4.69, 9.17) is 0 Å². The van der Waals surface area contributed by atoms with E-state index in [9.17, 15) is 13.2 Å². The topological polar surface area (TPSA) is 34.2 Å². The molecule has 2 rings (SSSR count). The number of rotatable bonds is 4. The van der Waals surface area contributed by atoms with E-state index < -0.39 is 6.36 Å². The fraction of sp³-hybridized carbons (Fsp3) is 0.250. The molecular formula is C12H11F3N2OS. The molecule has 3 nitrogen and oxygen atoms in total. The summed E-state index contributed by atoms with van der Waals surface area (Å²) in [6, 6.07) is 5.62. The SMILES string of the molecule is Cc1ncsc1CNc1ccc(OC(F)(F)F)cc1.